The van der Waals surface area contributed by atoms with Crippen LogP contribution >= 0.6 is 12.2 Å². The van der Waals surface area contributed by atoms with Gasteiger partial charge in [0.15, 0.2) is 5.11 Å². The van der Waals surface area contributed by atoms with E-state index in [-0.39, 0.29) is 0 Å². The molecule has 0 fully saturated rings. The highest BCUT2D eigenvalue weighted by Crippen LogP contribution is 2.21. The van der Waals surface area contributed by atoms with Crippen LogP contribution in [0.5, 0.6) is 0 Å². The molecular weight excluding hydrogens is 320 g/mol. The van der Waals surface area contributed by atoms with E-state index in [0.29, 0.717) is 11.2 Å². The number of thiocarbonyl (C=S) groups is 1. The maximum Gasteiger partial charge on any atom is 0.186 e. The number of hydrogen-bond acceptors (Lipinski definition) is 3. The summed E-state index contributed by atoms with van der Waals surface area (Å²) in [4.78, 5) is 0. The average molecular weight is 347 g/mol. The molecule has 6 nitrogen and oxygen atoms in total. The molecule has 0 saturated heterocycles. The molecule has 0 bridgehead atoms. The first-order valence-electron chi connectivity index (χ1n) is 8.25. The van der Waals surface area contributed by atoms with Crippen molar-refractivity contribution < 1.29 is 0 Å². The van der Waals surface area contributed by atoms with Gasteiger partial charge in [-0.2, -0.15) is 10.2 Å². The van der Waals surface area contributed by atoms with E-state index >= 15 is 0 Å². The molecule has 0 radical (unpaired) electrons. The lowest BCUT2D eigenvalue weighted by Crippen LogP contribution is -2.32. The first kappa shape index (κ1) is 18.2. The van der Waals surface area contributed by atoms with Crippen LogP contribution in [0.2, 0.25) is 0 Å². The van der Waals surface area contributed by atoms with E-state index in [1.807, 2.05) is 16.9 Å². The Morgan fingerprint density at radius 3 is 2.83 bits per heavy atom. The topological polar surface area (TPSA) is 59.2 Å². The summed E-state index contributed by atoms with van der Waals surface area (Å²) in [5.41, 5.74) is 6.16. The van der Waals surface area contributed by atoms with Crippen molar-refractivity contribution >= 4 is 23.5 Å². The third kappa shape index (κ3) is 4.03. The van der Waals surface area contributed by atoms with Crippen molar-refractivity contribution in [2.45, 2.75) is 47.1 Å². The highest BCUT2D eigenvalue weighted by Gasteiger charge is 2.14. The molecule has 0 saturated carbocycles. The first-order chi connectivity index (χ1) is 11.5. The number of aromatic nitrogens is 3. The van der Waals surface area contributed by atoms with Gasteiger partial charge in [0, 0.05) is 35.6 Å². The van der Waals surface area contributed by atoms with Crippen LogP contribution in [0, 0.1) is 13.8 Å². The van der Waals surface area contributed by atoms with Crippen LogP contribution in [0.1, 0.15) is 50.2 Å². The van der Waals surface area contributed by atoms with Gasteiger partial charge in [-0.1, -0.05) is 6.92 Å². The average Bonchev–Trinajstić information content (AvgIpc) is 3.10. The summed E-state index contributed by atoms with van der Waals surface area (Å²) in [6.45, 7) is 11.4. The quantitative estimate of drug-likeness (QED) is 0.479. The van der Waals surface area contributed by atoms with E-state index in [1.165, 1.54) is 0 Å². The maximum absolute atomic E-state index is 5.16. The van der Waals surface area contributed by atoms with Crippen LogP contribution in [-0.2, 0) is 0 Å². The minimum atomic E-state index is 0.303. The lowest BCUT2D eigenvalue weighted by atomic mass is 10.3. The van der Waals surface area contributed by atoms with Gasteiger partial charge in [-0.05, 0) is 52.4 Å². The number of rotatable bonds is 6. The van der Waals surface area contributed by atoms with Gasteiger partial charge in [0.1, 0.15) is 5.82 Å². The summed E-state index contributed by atoms with van der Waals surface area (Å²) >= 11 is 5.16. The predicted octanol–water partition coefficient (Wildman–Crippen LogP) is 3.08. The molecule has 0 unspecified atom stereocenters. The number of aryl methyl sites for hydroxylation is 1. The monoisotopic (exact) mass is 346 g/mol. The summed E-state index contributed by atoms with van der Waals surface area (Å²) in [5, 5.41) is 12.3. The van der Waals surface area contributed by atoms with Crippen molar-refractivity contribution in [2.75, 3.05) is 6.54 Å². The van der Waals surface area contributed by atoms with Gasteiger partial charge in [0.05, 0.1) is 12.4 Å². The van der Waals surface area contributed by atoms with Crippen LogP contribution in [-0.4, -0.2) is 32.2 Å². The molecule has 0 aliphatic rings. The number of nitrogens with zero attached hydrogens (tertiary/aromatic N) is 4. The third-order valence-corrected chi connectivity index (χ3v) is 3.98. The Hall–Kier alpha value is -2.15. The predicted molar refractivity (Wildman–Crippen MR) is 103 cm³/mol. The Kier molecular flexibility index (Phi) is 6.14. The van der Waals surface area contributed by atoms with Gasteiger partial charge < -0.3 is 9.88 Å². The van der Waals surface area contributed by atoms with Gasteiger partial charge in [-0.15, -0.1) is 0 Å². The first-order valence-corrected chi connectivity index (χ1v) is 8.66. The highest BCUT2D eigenvalue weighted by molar-refractivity contribution is 7.80. The van der Waals surface area contributed by atoms with E-state index in [4.69, 9.17) is 12.2 Å². The number of nitrogens with one attached hydrogen (secondary N) is 2. The second-order valence-corrected chi connectivity index (χ2v) is 6.42. The molecule has 7 heteroatoms. The van der Waals surface area contributed by atoms with Gasteiger partial charge in [-0.3, -0.25) is 5.43 Å². The molecule has 2 heterocycles. The van der Waals surface area contributed by atoms with Crippen LogP contribution in [0.15, 0.2) is 23.4 Å². The zero-order valence-corrected chi connectivity index (χ0v) is 15.8. The number of hydrogen-bond donors (Lipinski definition) is 2. The summed E-state index contributed by atoms with van der Waals surface area (Å²) in [5.74, 6) is 1.06. The third-order valence-electron chi connectivity index (χ3n) is 3.74. The Morgan fingerprint density at radius 1 is 1.42 bits per heavy atom. The fourth-order valence-corrected chi connectivity index (χ4v) is 2.75. The van der Waals surface area contributed by atoms with Crippen molar-refractivity contribution in [1.82, 2.24) is 25.1 Å². The fourth-order valence-electron chi connectivity index (χ4n) is 2.59. The molecule has 0 aliphatic carbocycles. The molecule has 2 rings (SSSR count). The second kappa shape index (κ2) is 8.10. The van der Waals surface area contributed by atoms with Crippen molar-refractivity contribution in [2.24, 2.45) is 5.10 Å². The lowest BCUT2D eigenvalue weighted by Gasteiger charge is -2.15. The van der Waals surface area contributed by atoms with E-state index < -0.39 is 0 Å². The molecular formula is C17H26N6S. The Bertz CT molecular complexity index is 726. The molecule has 24 heavy (non-hydrogen) atoms. The molecule has 0 aliphatic heterocycles. The Balaban J connectivity index is 2.20. The van der Waals surface area contributed by atoms with Crippen molar-refractivity contribution in [3.05, 3.63) is 35.3 Å². The molecule has 0 atom stereocenters. The molecule has 0 amide bonds. The molecule has 2 N–H and O–H groups in total. The van der Waals surface area contributed by atoms with Gasteiger partial charge >= 0.3 is 0 Å². The van der Waals surface area contributed by atoms with Gasteiger partial charge in [0.25, 0.3) is 0 Å². The van der Waals surface area contributed by atoms with Crippen molar-refractivity contribution in [1.29, 1.82) is 0 Å². The van der Waals surface area contributed by atoms with Crippen LogP contribution < -0.4 is 10.7 Å². The molecule has 0 spiro atoms. The largest absolute Gasteiger partial charge is 0.361 e. The Morgan fingerprint density at radius 2 is 2.17 bits per heavy atom. The summed E-state index contributed by atoms with van der Waals surface area (Å²) in [7, 11) is 0. The SMILES string of the molecule is CCCNC(=S)N/N=C\c1cc(C)n(-c2ccnn2C(C)C)c1C. The van der Waals surface area contributed by atoms with Gasteiger partial charge in [0.2, 0.25) is 0 Å². The van der Waals surface area contributed by atoms with Crippen LogP contribution in [0.4, 0.5) is 0 Å². The standard InChI is InChI=1S/C17H26N6S/c1-6-8-18-17(24)21-19-11-15-10-13(4)22(14(15)5)16-7-9-20-23(16)12(2)3/h7,9-12H,6,8H2,1-5H3,(H2,18,21,24)/b19-11-. The van der Waals surface area contributed by atoms with E-state index in [2.05, 4.69) is 66.2 Å². The highest BCUT2D eigenvalue weighted by atomic mass is 32.1. The summed E-state index contributed by atoms with van der Waals surface area (Å²) in [6.07, 6.45) is 4.66. The van der Waals surface area contributed by atoms with Crippen LogP contribution in [0.3, 0.4) is 0 Å². The normalized spacial score (nSPS) is 11.4. The molecule has 2 aromatic rings. The zero-order chi connectivity index (χ0) is 17.7. The van der Waals surface area contributed by atoms with Gasteiger partial charge in [-0.25, -0.2) is 4.68 Å². The second-order valence-electron chi connectivity index (χ2n) is 6.02. The van der Waals surface area contributed by atoms with Crippen molar-refractivity contribution in [3.63, 3.8) is 0 Å². The molecule has 130 valence electrons. The van der Waals surface area contributed by atoms with Crippen LogP contribution in [0.25, 0.3) is 5.82 Å². The minimum Gasteiger partial charge on any atom is -0.361 e. The van der Waals surface area contributed by atoms with Crippen molar-refractivity contribution in [3.8, 4) is 5.82 Å². The molecule has 2 aromatic heterocycles. The smallest absolute Gasteiger partial charge is 0.186 e. The number of hydrazone groups is 1. The zero-order valence-electron chi connectivity index (χ0n) is 15.0. The maximum atomic E-state index is 5.16. The molecule has 0 aromatic carbocycles. The summed E-state index contributed by atoms with van der Waals surface area (Å²) in [6, 6.07) is 4.45. The minimum absolute atomic E-state index is 0.303. The lowest BCUT2D eigenvalue weighted by molar-refractivity contribution is 0.519. The Labute approximate surface area is 148 Å². The van der Waals surface area contributed by atoms with E-state index in [9.17, 15) is 0 Å². The van der Waals surface area contributed by atoms with E-state index in [1.54, 1.807) is 6.21 Å². The van der Waals surface area contributed by atoms with E-state index in [0.717, 1.165) is 35.7 Å². The fraction of sp³-hybridized carbons (Fsp3) is 0.471. The summed E-state index contributed by atoms with van der Waals surface area (Å²) < 4.78 is 4.21.